The largest absolute Gasteiger partial charge is 0.364 e. The van der Waals surface area contributed by atoms with E-state index >= 15 is 0 Å². The average Bonchev–Trinajstić information content (AvgIpc) is 2.68. The summed E-state index contributed by atoms with van der Waals surface area (Å²) in [6.45, 7) is 12.1. The molecule has 0 spiro atoms. The molecule has 160 valence electrons. The number of ether oxygens (including phenoxy) is 1. The van der Waals surface area contributed by atoms with Crippen LogP contribution in [0.2, 0.25) is 0 Å². The van der Waals surface area contributed by atoms with Crippen LogP contribution in [0.25, 0.3) is 0 Å². The predicted octanol–water partition coefficient (Wildman–Crippen LogP) is -1.39. The van der Waals surface area contributed by atoms with Crippen molar-refractivity contribution < 1.29 is 24.1 Å². The molecule has 0 unspecified atom stereocenters. The molecule has 29 heavy (non-hydrogen) atoms. The number of rotatable bonds is 6. The lowest BCUT2D eigenvalue weighted by molar-refractivity contribution is -0.908. The molecular formula is C22H36N4O3+2. The standard InChI is InChI=1S/C22H34N4O3/c1-4-19-7-5-6-8-20(19)23-21(27)15-24-9-11-26(12-10-24)22(28)16-25-13-17(2)29-18(3)14-25/h5-8,17-18H,4,9-16H2,1-3H3,(H,23,27)/p+2/t17-,18-/m1/s1. The summed E-state index contributed by atoms with van der Waals surface area (Å²) >= 11 is 0. The number of nitrogens with zero attached hydrogens (tertiary/aromatic N) is 1. The van der Waals surface area contributed by atoms with Crippen molar-refractivity contribution in [3.8, 4) is 0 Å². The van der Waals surface area contributed by atoms with Gasteiger partial charge in [-0.3, -0.25) is 9.59 Å². The minimum Gasteiger partial charge on any atom is -0.364 e. The van der Waals surface area contributed by atoms with E-state index in [1.54, 1.807) is 0 Å². The van der Waals surface area contributed by atoms with Gasteiger partial charge in [-0.1, -0.05) is 25.1 Å². The Morgan fingerprint density at radius 2 is 1.72 bits per heavy atom. The van der Waals surface area contributed by atoms with Crippen LogP contribution in [0.5, 0.6) is 0 Å². The van der Waals surface area contributed by atoms with Gasteiger partial charge >= 0.3 is 0 Å². The maximum atomic E-state index is 12.7. The molecule has 7 heteroatoms. The number of quaternary nitrogens is 2. The molecule has 0 radical (unpaired) electrons. The number of morpholine rings is 1. The third-order valence-corrected chi connectivity index (χ3v) is 5.92. The number of benzene rings is 1. The molecule has 2 heterocycles. The molecule has 2 fully saturated rings. The third kappa shape index (κ3) is 6.26. The predicted molar refractivity (Wildman–Crippen MR) is 112 cm³/mol. The lowest BCUT2D eigenvalue weighted by Crippen LogP contribution is -3.17. The molecule has 2 aliphatic heterocycles. The zero-order chi connectivity index (χ0) is 20.8. The Bertz CT molecular complexity index is 693. The molecule has 2 amide bonds. The van der Waals surface area contributed by atoms with Crippen molar-refractivity contribution in [2.75, 3.05) is 57.7 Å². The number of carbonyl (C=O) groups excluding carboxylic acids is 2. The number of hydrogen-bond donors (Lipinski definition) is 3. The number of para-hydroxylation sites is 1. The fourth-order valence-electron chi connectivity index (χ4n) is 4.48. The number of nitrogens with one attached hydrogen (secondary N) is 3. The molecule has 2 aliphatic rings. The van der Waals surface area contributed by atoms with Crippen LogP contribution in [0.15, 0.2) is 24.3 Å². The SMILES string of the molecule is CCc1ccccc1NC(=O)C[NH+]1CCN(C(=O)C[NH+]2C[C@@H](C)O[C@H](C)C2)CC1. The second-order valence-electron chi connectivity index (χ2n) is 8.46. The summed E-state index contributed by atoms with van der Waals surface area (Å²) in [6.07, 6.45) is 1.31. The fraction of sp³-hybridized carbons (Fsp3) is 0.636. The van der Waals surface area contributed by atoms with Gasteiger partial charge in [0, 0.05) is 5.69 Å². The number of carbonyl (C=O) groups is 2. The van der Waals surface area contributed by atoms with E-state index in [4.69, 9.17) is 4.74 Å². The lowest BCUT2D eigenvalue weighted by atomic mass is 10.1. The van der Waals surface area contributed by atoms with Gasteiger partial charge in [0.2, 0.25) is 0 Å². The number of aryl methyl sites for hydroxylation is 1. The molecule has 3 N–H and O–H groups in total. The fourth-order valence-corrected chi connectivity index (χ4v) is 4.48. The van der Waals surface area contributed by atoms with Gasteiger partial charge in [0.05, 0.1) is 26.2 Å². The van der Waals surface area contributed by atoms with Crippen LogP contribution in [0.4, 0.5) is 5.69 Å². The Balaban J connectivity index is 1.41. The van der Waals surface area contributed by atoms with Crippen LogP contribution in [-0.4, -0.2) is 81.3 Å². The normalized spacial score (nSPS) is 25.6. The van der Waals surface area contributed by atoms with Gasteiger partial charge in [0.1, 0.15) is 25.3 Å². The van der Waals surface area contributed by atoms with Crippen molar-refractivity contribution in [1.82, 2.24) is 4.90 Å². The van der Waals surface area contributed by atoms with E-state index in [-0.39, 0.29) is 24.0 Å². The molecular weight excluding hydrogens is 368 g/mol. The van der Waals surface area contributed by atoms with E-state index in [1.807, 2.05) is 29.2 Å². The number of piperazine rings is 1. The van der Waals surface area contributed by atoms with Gasteiger partial charge in [0.25, 0.3) is 11.8 Å². The van der Waals surface area contributed by atoms with Crippen molar-refractivity contribution in [1.29, 1.82) is 0 Å². The maximum Gasteiger partial charge on any atom is 0.279 e. The zero-order valence-corrected chi connectivity index (χ0v) is 18.0. The monoisotopic (exact) mass is 404 g/mol. The maximum absolute atomic E-state index is 12.7. The van der Waals surface area contributed by atoms with E-state index in [2.05, 4.69) is 26.1 Å². The zero-order valence-electron chi connectivity index (χ0n) is 18.0. The van der Waals surface area contributed by atoms with Gasteiger partial charge in [0.15, 0.2) is 13.1 Å². The minimum absolute atomic E-state index is 0.0430. The number of amides is 2. The van der Waals surface area contributed by atoms with Crippen molar-refractivity contribution in [2.24, 2.45) is 0 Å². The molecule has 0 saturated carbocycles. The van der Waals surface area contributed by atoms with Crippen molar-refractivity contribution in [3.63, 3.8) is 0 Å². The Morgan fingerprint density at radius 1 is 1.07 bits per heavy atom. The van der Waals surface area contributed by atoms with Crippen LogP contribution in [0.1, 0.15) is 26.3 Å². The van der Waals surface area contributed by atoms with Crippen LogP contribution in [0.3, 0.4) is 0 Å². The first-order chi connectivity index (χ1) is 13.9. The third-order valence-electron chi connectivity index (χ3n) is 5.92. The van der Waals surface area contributed by atoms with E-state index < -0.39 is 0 Å². The molecule has 1 aromatic carbocycles. The van der Waals surface area contributed by atoms with Gasteiger partial charge < -0.3 is 24.8 Å². The molecule has 0 aliphatic carbocycles. The summed E-state index contributed by atoms with van der Waals surface area (Å²) in [4.78, 5) is 29.7. The van der Waals surface area contributed by atoms with Crippen LogP contribution in [0, 0.1) is 0 Å². The lowest BCUT2D eigenvalue weighted by Gasteiger charge is -2.35. The van der Waals surface area contributed by atoms with Crippen molar-refractivity contribution in [2.45, 2.75) is 39.4 Å². The molecule has 0 bridgehead atoms. The summed E-state index contributed by atoms with van der Waals surface area (Å²) in [5.41, 5.74) is 2.06. The van der Waals surface area contributed by atoms with Crippen LogP contribution < -0.4 is 15.1 Å². The average molecular weight is 405 g/mol. The Kier molecular flexibility index (Phi) is 7.64. The highest BCUT2D eigenvalue weighted by Crippen LogP contribution is 2.14. The highest BCUT2D eigenvalue weighted by Gasteiger charge is 2.31. The van der Waals surface area contributed by atoms with E-state index in [0.717, 1.165) is 56.9 Å². The quantitative estimate of drug-likeness (QED) is 0.547. The van der Waals surface area contributed by atoms with E-state index in [9.17, 15) is 9.59 Å². The molecule has 2 atom stereocenters. The van der Waals surface area contributed by atoms with Gasteiger partial charge in [-0.15, -0.1) is 0 Å². The summed E-state index contributed by atoms with van der Waals surface area (Å²) in [5, 5.41) is 3.05. The van der Waals surface area contributed by atoms with Crippen molar-refractivity contribution in [3.05, 3.63) is 29.8 Å². The Morgan fingerprint density at radius 3 is 2.38 bits per heavy atom. The summed E-state index contributed by atoms with van der Waals surface area (Å²) in [5.74, 6) is 0.267. The first-order valence-corrected chi connectivity index (χ1v) is 10.9. The summed E-state index contributed by atoms with van der Waals surface area (Å²) < 4.78 is 5.76. The van der Waals surface area contributed by atoms with Gasteiger partial charge in [-0.2, -0.15) is 0 Å². The highest BCUT2D eigenvalue weighted by molar-refractivity contribution is 5.92. The summed E-state index contributed by atoms with van der Waals surface area (Å²) in [7, 11) is 0. The highest BCUT2D eigenvalue weighted by atomic mass is 16.5. The Labute approximate surface area is 174 Å². The van der Waals surface area contributed by atoms with E-state index in [1.165, 1.54) is 9.80 Å². The van der Waals surface area contributed by atoms with E-state index in [0.29, 0.717) is 13.1 Å². The second-order valence-corrected chi connectivity index (χ2v) is 8.46. The summed E-state index contributed by atoms with van der Waals surface area (Å²) in [6, 6.07) is 7.95. The molecule has 7 nitrogen and oxygen atoms in total. The minimum atomic E-state index is 0.0430. The Hall–Kier alpha value is -1.96. The molecule has 1 aromatic rings. The van der Waals surface area contributed by atoms with Gasteiger partial charge in [-0.05, 0) is 31.9 Å². The van der Waals surface area contributed by atoms with Gasteiger partial charge in [-0.25, -0.2) is 0 Å². The van der Waals surface area contributed by atoms with Crippen LogP contribution in [-0.2, 0) is 20.7 Å². The molecule has 3 rings (SSSR count). The molecule has 0 aromatic heterocycles. The smallest absolute Gasteiger partial charge is 0.279 e. The first-order valence-electron chi connectivity index (χ1n) is 10.9. The van der Waals surface area contributed by atoms with Crippen molar-refractivity contribution >= 4 is 17.5 Å². The first kappa shape index (κ1) is 21.7. The second kappa shape index (κ2) is 10.2. The van der Waals surface area contributed by atoms with Crippen LogP contribution >= 0.6 is 0 Å². The molecule has 2 saturated heterocycles. The topological polar surface area (TPSA) is 67.5 Å². The number of hydrogen-bond acceptors (Lipinski definition) is 3. The number of anilines is 1.